The van der Waals surface area contributed by atoms with Gasteiger partial charge in [-0.3, -0.25) is 14.2 Å². The molecule has 0 spiro atoms. The van der Waals surface area contributed by atoms with E-state index in [0.717, 1.165) is 24.8 Å². The highest BCUT2D eigenvalue weighted by Crippen LogP contribution is 2.28. The van der Waals surface area contributed by atoms with E-state index in [2.05, 4.69) is 44.0 Å². The Morgan fingerprint density at radius 3 is 2.88 bits per heavy atom. The molecule has 1 fully saturated rings. The number of aromatic nitrogens is 3. The molecular weight excluding hydrogens is 540 g/mol. The van der Waals surface area contributed by atoms with Crippen LogP contribution in [0.5, 0.6) is 0 Å². The van der Waals surface area contributed by atoms with Crippen LogP contribution in [0.4, 0.5) is 11.6 Å². The number of hydrogen-bond donors (Lipinski definition) is 4. The first kappa shape index (κ1) is 26.5. The van der Waals surface area contributed by atoms with Gasteiger partial charge in [-0.1, -0.05) is 42.2 Å². The summed E-state index contributed by atoms with van der Waals surface area (Å²) in [4.78, 5) is 30.2. The lowest BCUT2D eigenvalue weighted by molar-refractivity contribution is 0.0940. The van der Waals surface area contributed by atoms with E-state index < -0.39 is 6.04 Å². The summed E-state index contributed by atoms with van der Waals surface area (Å²) in [5.41, 5.74) is 9.50. The minimum atomic E-state index is -0.542. The zero-order chi connectivity index (χ0) is 29.5. The van der Waals surface area contributed by atoms with E-state index in [1.807, 2.05) is 67.6 Å². The molecule has 3 aliphatic heterocycles. The maximum absolute atomic E-state index is 14.4. The Kier molecular flexibility index (Phi) is 6.62. The molecule has 7 rings (SSSR count). The first-order chi connectivity index (χ1) is 21.0. The molecule has 0 bridgehead atoms. The Morgan fingerprint density at radius 2 is 2.02 bits per heavy atom. The molecule has 4 aromatic rings. The maximum atomic E-state index is 14.4. The molecule has 0 saturated carbocycles. The zero-order valence-corrected chi connectivity index (χ0v) is 23.8. The van der Waals surface area contributed by atoms with Crippen LogP contribution in [0.3, 0.4) is 0 Å². The van der Waals surface area contributed by atoms with Crippen molar-refractivity contribution < 1.29 is 4.79 Å². The average Bonchev–Trinajstić information content (AvgIpc) is 3.60. The summed E-state index contributed by atoms with van der Waals surface area (Å²) in [6.45, 7) is 3.40. The van der Waals surface area contributed by atoms with E-state index in [-0.39, 0.29) is 29.0 Å². The van der Waals surface area contributed by atoms with Crippen LogP contribution in [0.15, 0.2) is 77.4 Å². The van der Waals surface area contributed by atoms with Crippen molar-refractivity contribution in [1.29, 1.82) is 0 Å². The third-order valence-corrected chi connectivity index (χ3v) is 8.19. The molecule has 1 saturated heterocycles. The molecule has 1 amide bonds. The van der Waals surface area contributed by atoms with Gasteiger partial charge in [0.1, 0.15) is 11.4 Å². The van der Waals surface area contributed by atoms with Gasteiger partial charge in [-0.15, -0.1) is 5.10 Å². The number of nitrogen functional groups attached to an aromatic ring is 1. The van der Waals surface area contributed by atoms with Crippen molar-refractivity contribution in [3.63, 3.8) is 0 Å². The average molecular weight is 573 g/mol. The molecule has 10 nitrogen and oxygen atoms in total. The standard InChI is InChI=1S/C33H32N8O2/c1-21(37-32(42)29-30(34)38-40-18-8-16-35-31(29)40)26-19-23-10-7-9-22(14-15-27-36-20-25-13-5-6-17-39(25)27)28(23)33(43)41(26)24-11-3-2-4-12-24/h2-4,7-12,18-21,27,35-36H,5-6,13,16-17H2,1H3,(H2,34,38)(H,37,42). The van der Waals surface area contributed by atoms with Gasteiger partial charge in [-0.25, -0.2) is 4.68 Å². The molecule has 0 aliphatic carbocycles. The van der Waals surface area contributed by atoms with Crippen LogP contribution in [0.25, 0.3) is 22.7 Å². The Balaban J connectivity index is 1.29. The molecule has 5 heterocycles. The highest BCUT2D eigenvalue weighted by Gasteiger charge is 2.27. The number of rotatable bonds is 4. The second-order valence-corrected chi connectivity index (χ2v) is 11.0. The summed E-state index contributed by atoms with van der Waals surface area (Å²) in [5.74, 6) is 6.96. The topological polar surface area (TPSA) is 122 Å². The molecule has 216 valence electrons. The number of pyridine rings is 1. The predicted molar refractivity (Wildman–Crippen MR) is 168 cm³/mol. The van der Waals surface area contributed by atoms with Gasteiger partial charge < -0.3 is 26.6 Å². The lowest BCUT2D eigenvalue weighted by Gasteiger charge is -2.29. The third kappa shape index (κ3) is 4.69. The minimum absolute atomic E-state index is 0.108. The second-order valence-electron chi connectivity index (χ2n) is 11.0. The Hall–Kier alpha value is -5.43. The fourth-order valence-electron chi connectivity index (χ4n) is 6.11. The van der Waals surface area contributed by atoms with Gasteiger partial charge in [0.15, 0.2) is 12.0 Å². The van der Waals surface area contributed by atoms with E-state index in [4.69, 9.17) is 5.73 Å². The monoisotopic (exact) mass is 572 g/mol. The van der Waals surface area contributed by atoms with Gasteiger partial charge in [-0.2, -0.15) is 0 Å². The van der Waals surface area contributed by atoms with Crippen molar-refractivity contribution in [3.05, 3.63) is 99.7 Å². The third-order valence-electron chi connectivity index (χ3n) is 8.19. The largest absolute Gasteiger partial charge is 0.381 e. The Bertz CT molecular complexity index is 1930. The number of allylic oxidation sites excluding steroid dienone is 1. The van der Waals surface area contributed by atoms with Crippen LogP contribution in [0, 0.1) is 11.8 Å². The summed E-state index contributed by atoms with van der Waals surface area (Å²) in [5, 5.41) is 15.2. The van der Waals surface area contributed by atoms with Crippen molar-refractivity contribution in [3.8, 4) is 17.5 Å². The number of piperidine rings is 1. The number of hydrogen-bond acceptors (Lipinski definition) is 7. The molecule has 2 aromatic heterocycles. The van der Waals surface area contributed by atoms with Crippen LogP contribution in [0.1, 0.15) is 53.8 Å². The number of carbonyl (C=O) groups excluding carboxylic acids is 1. The van der Waals surface area contributed by atoms with Crippen molar-refractivity contribution in [2.45, 2.75) is 38.4 Å². The molecule has 0 radical (unpaired) electrons. The summed E-state index contributed by atoms with van der Waals surface area (Å²) >= 11 is 0. The van der Waals surface area contributed by atoms with Gasteiger partial charge >= 0.3 is 0 Å². The highest BCUT2D eigenvalue weighted by atomic mass is 16.2. The van der Waals surface area contributed by atoms with Gasteiger partial charge in [0.05, 0.1) is 11.4 Å². The number of nitrogens with one attached hydrogen (secondary N) is 3. The molecule has 5 N–H and O–H groups in total. The SMILES string of the molecule is CC(NC(=O)c1c(N)nn2c1NCC=C2)c1cc2cccc(C#CC3NC=C4CCCCN43)c2c(=O)n1-c1ccccc1. The van der Waals surface area contributed by atoms with Crippen LogP contribution in [-0.2, 0) is 0 Å². The number of para-hydroxylation sites is 1. The van der Waals surface area contributed by atoms with E-state index in [1.54, 1.807) is 15.4 Å². The molecule has 3 aliphatic rings. The van der Waals surface area contributed by atoms with E-state index in [9.17, 15) is 9.59 Å². The molecule has 2 aromatic carbocycles. The summed E-state index contributed by atoms with van der Waals surface area (Å²) < 4.78 is 3.22. The highest BCUT2D eigenvalue weighted by molar-refractivity contribution is 6.04. The lowest BCUT2D eigenvalue weighted by atomic mass is 10.0. The fraction of sp³-hybridized carbons (Fsp3) is 0.242. The van der Waals surface area contributed by atoms with Crippen LogP contribution < -0.4 is 27.2 Å². The summed E-state index contributed by atoms with van der Waals surface area (Å²) in [6.07, 6.45) is 9.01. The number of nitrogens with zero attached hydrogens (tertiary/aromatic N) is 4. The summed E-state index contributed by atoms with van der Waals surface area (Å²) in [6, 6.07) is 16.6. The molecule has 43 heavy (non-hydrogen) atoms. The zero-order valence-electron chi connectivity index (χ0n) is 23.8. The number of anilines is 2. The van der Waals surface area contributed by atoms with E-state index in [1.165, 1.54) is 12.1 Å². The normalized spacial score (nSPS) is 17.6. The fourth-order valence-corrected chi connectivity index (χ4v) is 6.11. The van der Waals surface area contributed by atoms with Crippen molar-refractivity contribution in [2.75, 3.05) is 24.1 Å². The number of benzene rings is 2. The second kappa shape index (κ2) is 10.8. The van der Waals surface area contributed by atoms with Crippen LogP contribution in [0.2, 0.25) is 0 Å². The van der Waals surface area contributed by atoms with Gasteiger partial charge in [0.2, 0.25) is 0 Å². The molecule has 2 atom stereocenters. The molecule has 10 heteroatoms. The van der Waals surface area contributed by atoms with Gasteiger partial charge in [0.25, 0.3) is 11.5 Å². The quantitative estimate of drug-likeness (QED) is 0.275. The number of carbonyl (C=O) groups is 1. The van der Waals surface area contributed by atoms with Gasteiger partial charge in [-0.05, 0) is 61.9 Å². The molecule has 2 unspecified atom stereocenters. The van der Waals surface area contributed by atoms with Crippen LogP contribution in [-0.4, -0.2) is 44.4 Å². The van der Waals surface area contributed by atoms with Crippen molar-refractivity contribution >= 4 is 34.5 Å². The Morgan fingerprint density at radius 1 is 1.16 bits per heavy atom. The smallest absolute Gasteiger partial charge is 0.264 e. The van der Waals surface area contributed by atoms with E-state index in [0.29, 0.717) is 34.7 Å². The first-order valence-electron chi connectivity index (χ1n) is 14.6. The molecular formula is C33H32N8O2. The Labute approximate surface area is 248 Å². The van der Waals surface area contributed by atoms with E-state index >= 15 is 0 Å². The summed E-state index contributed by atoms with van der Waals surface area (Å²) in [7, 11) is 0. The van der Waals surface area contributed by atoms with Crippen LogP contribution >= 0.6 is 0 Å². The number of fused-ring (bicyclic) bond motifs is 3. The predicted octanol–water partition coefficient (Wildman–Crippen LogP) is 3.76. The van der Waals surface area contributed by atoms with Crippen molar-refractivity contribution in [2.24, 2.45) is 0 Å². The minimum Gasteiger partial charge on any atom is -0.381 e. The number of nitrogens with two attached hydrogens (primary N) is 1. The van der Waals surface area contributed by atoms with Gasteiger partial charge in [0, 0.05) is 48.1 Å². The maximum Gasteiger partial charge on any atom is 0.264 e. The first-order valence-corrected chi connectivity index (χ1v) is 14.6. The lowest BCUT2D eigenvalue weighted by Crippen LogP contribution is -2.38. The number of amides is 1. The van der Waals surface area contributed by atoms with Crippen molar-refractivity contribution in [1.82, 2.24) is 29.9 Å².